The number of alkyl carbamates (subject to hydrolysis) is 1. The number of alkyl halides is 1. The summed E-state index contributed by atoms with van der Waals surface area (Å²) in [4.78, 5) is 12.1. The molecular weight excluding hydrogens is 445 g/mol. The van der Waals surface area contributed by atoms with Crippen molar-refractivity contribution >= 4 is 38.8 Å². The van der Waals surface area contributed by atoms with Crippen molar-refractivity contribution in [2.75, 3.05) is 4.43 Å². The molecule has 1 heterocycles. The summed E-state index contributed by atoms with van der Waals surface area (Å²) < 4.78 is 35.4. The maximum absolute atomic E-state index is 12.2. The molecule has 0 spiro atoms. The zero-order chi connectivity index (χ0) is 17.7. The molecule has 0 aliphatic carbocycles. The second-order valence-electron chi connectivity index (χ2n) is 6.12. The Bertz CT molecular complexity index is 650. The van der Waals surface area contributed by atoms with Gasteiger partial charge in [0.05, 0.1) is 12.1 Å². The van der Waals surface area contributed by atoms with E-state index >= 15 is 0 Å². The monoisotopic (exact) mass is 467 g/mol. The van der Waals surface area contributed by atoms with E-state index in [1.165, 1.54) is 0 Å². The Kier molecular flexibility index (Phi) is 6.88. The van der Waals surface area contributed by atoms with E-state index in [9.17, 15) is 13.2 Å². The smallest absolute Gasteiger partial charge is 0.407 e. The fourth-order valence-electron chi connectivity index (χ4n) is 2.68. The van der Waals surface area contributed by atoms with Crippen molar-refractivity contribution in [2.24, 2.45) is 5.92 Å². The topological polar surface area (TPSA) is 81.7 Å². The molecule has 24 heavy (non-hydrogen) atoms. The Labute approximate surface area is 156 Å². The Balaban J connectivity index is 1.99. The summed E-state index contributed by atoms with van der Waals surface area (Å²) in [7, 11) is -3.68. The van der Waals surface area contributed by atoms with Crippen molar-refractivity contribution < 1.29 is 22.1 Å². The number of hydrogen-bond donors (Lipinski definition) is 1. The van der Waals surface area contributed by atoms with E-state index in [1.807, 2.05) is 44.2 Å². The zero-order valence-corrected chi connectivity index (χ0v) is 16.6. The van der Waals surface area contributed by atoms with Crippen molar-refractivity contribution in [3.05, 3.63) is 35.9 Å². The minimum atomic E-state index is -3.68. The molecule has 3 atom stereocenters. The van der Waals surface area contributed by atoms with Crippen LogP contribution in [-0.2, 0) is 25.6 Å². The standard InChI is InChI=1S/C16H22INO5S/c1-11(2)15(14-8-13(9-17)23-24(14,20)21)18-16(19)22-10-12-6-4-3-5-7-12/h3-7,11,13-15H,8-10H2,1-2H3,(H,18,19)/t13-,14+,15+/m0/s1. The lowest BCUT2D eigenvalue weighted by Gasteiger charge is -2.26. The highest BCUT2D eigenvalue weighted by Gasteiger charge is 2.45. The molecule has 0 aromatic heterocycles. The van der Waals surface area contributed by atoms with Crippen LogP contribution in [0.3, 0.4) is 0 Å². The highest BCUT2D eigenvalue weighted by atomic mass is 127. The van der Waals surface area contributed by atoms with Gasteiger partial charge in [-0.05, 0) is 17.9 Å². The van der Waals surface area contributed by atoms with Crippen LogP contribution in [0.15, 0.2) is 30.3 Å². The van der Waals surface area contributed by atoms with E-state index < -0.39 is 27.5 Å². The number of amides is 1. The van der Waals surface area contributed by atoms with Gasteiger partial charge in [0.25, 0.3) is 10.1 Å². The maximum atomic E-state index is 12.2. The average molecular weight is 467 g/mol. The number of nitrogens with one attached hydrogen (secondary N) is 1. The molecule has 1 aliphatic rings. The van der Waals surface area contributed by atoms with Crippen LogP contribution in [0, 0.1) is 5.92 Å². The van der Waals surface area contributed by atoms with Gasteiger partial charge in [-0.3, -0.25) is 4.18 Å². The van der Waals surface area contributed by atoms with Crippen molar-refractivity contribution in [3.63, 3.8) is 0 Å². The van der Waals surface area contributed by atoms with Gasteiger partial charge in [-0.15, -0.1) is 0 Å². The highest BCUT2D eigenvalue weighted by Crippen LogP contribution is 2.30. The van der Waals surface area contributed by atoms with Gasteiger partial charge in [-0.25, -0.2) is 4.79 Å². The Hall–Kier alpha value is -0.870. The minimum Gasteiger partial charge on any atom is -0.445 e. The number of benzene rings is 1. The van der Waals surface area contributed by atoms with E-state index in [1.54, 1.807) is 0 Å². The highest BCUT2D eigenvalue weighted by molar-refractivity contribution is 14.1. The van der Waals surface area contributed by atoms with Gasteiger partial charge in [0.1, 0.15) is 11.9 Å². The molecule has 1 aromatic carbocycles. The molecule has 2 rings (SSSR count). The Morgan fingerprint density at radius 3 is 2.58 bits per heavy atom. The summed E-state index contributed by atoms with van der Waals surface area (Å²) in [5, 5.41) is 1.96. The van der Waals surface area contributed by atoms with Crippen LogP contribution in [0.2, 0.25) is 0 Å². The summed E-state index contributed by atoms with van der Waals surface area (Å²) in [6.07, 6.45) is -0.567. The number of ether oxygens (including phenoxy) is 1. The zero-order valence-electron chi connectivity index (χ0n) is 13.6. The predicted molar refractivity (Wildman–Crippen MR) is 99.5 cm³/mol. The van der Waals surface area contributed by atoms with Crippen LogP contribution in [0.1, 0.15) is 25.8 Å². The van der Waals surface area contributed by atoms with Crippen LogP contribution < -0.4 is 5.32 Å². The molecule has 1 N–H and O–H groups in total. The van der Waals surface area contributed by atoms with E-state index in [4.69, 9.17) is 8.92 Å². The minimum absolute atomic E-state index is 0.0642. The van der Waals surface area contributed by atoms with Crippen LogP contribution in [0.5, 0.6) is 0 Å². The van der Waals surface area contributed by atoms with Gasteiger partial charge in [0, 0.05) is 4.43 Å². The molecule has 134 valence electrons. The number of hydrogen-bond acceptors (Lipinski definition) is 5. The fourth-order valence-corrected chi connectivity index (χ4v) is 5.33. The van der Waals surface area contributed by atoms with Crippen molar-refractivity contribution in [2.45, 2.75) is 44.3 Å². The molecule has 0 radical (unpaired) electrons. The van der Waals surface area contributed by atoms with E-state index in [2.05, 4.69) is 27.9 Å². The molecule has 1 aromatic rings. The molecule has 0 unspecified atom stereocenters. The van der Waals surface area contributed by atoms with Crippen LogP contribution >= 0.6 is 22.6 Å². The second-order valence-corrected chi connectivity index (χ2v) is 8.78. The summed E-state index contributed by atoms with van der Waals surface area (Å²) in [6.45, 7) is 3.88. The molecule has 1 aliphatic heterocycles. The predicted octanol–water partition coefficient (Wildman–Crippen LogP) is 2.86. The lowest BCUT2D eigenvalue weighted by Crippen LogP contribution is -2.48. The van der Waals surface area contributed by atoms with E-state index in [0.717, 1.165) is 5.56 Å². The molecule has 1 saturated heterocycles. The summed E-state index contributed by atoms with van der Waals surface area (Å²) >= 11 is 2.10. The van der Waals surface area contributed by atoms with Crippen molar-refractivity contribution in [3.8, 4) is 0 Å². The van der Waals surface area contributed by atoms with E-state index in [0.29, 0.717) is 10.8 Å². The van der Waals surface area contributed by atoms with Gasteiger partial charge < -0.3 is 10.1 Å². The number of carbonyl (C=O) groups excluding carboxylic acids is 1. The number of rotatable bonds is 6. The SMILES string of the molecule is CC(C)[C@@H](NC(=O)OCc1ccccc1)[C@H]1C[C@@H](CI)OS1(=O)=O. The lowest BCUT2D eigenvalue weighted by atomic mass is 9.97. The first-order valence-electron chi connectivity index (χ1n) is 7.78. The summed E-state index contributed by atoms with van der Waals surface area (Å²) in [5.41, 5.74) is 0.871. The third-order valence-electron chi connectivity index (χ3n) is 3.92. The fraction of sp³-hybridized carbons (Fsp3) is 0.562. The molecule has 1 amide bonds. The van der Waals surface area contributed by atoms with Crippen molar-refractivity contribution in [1.82, 2.24) is 5.32 Å². The number of carbonyl (C=O) groups is 1. The summed E-state index contributed by atoms with van der Waals surface area (Å²) in [5.74, 6) is -0.0642. The van der Waals surface area contributed by atoms with Crippen molar-refractivity contribution in [1.29, 1.82) is 0 Å². The first-order chi connectivity index (χ1) is 11.3. The second kappa shape index (κ2) is 8.48. The molecule has 0 saturated carbocycles. The normalized spacial score (nSPS) is 23.8. The molecular formula is C16H22INO5S. The third-order valence-corrected chi connectivity index (χ3v) is 6.67. The molecule has 6 nitrogen and oxygen atoms in total. The molecule has 1 fully saturated rings. The lowest BCUT2D eigenvalue weighted by molar-refractivity contribution is 0.132. The Morgan fingerprint density at radius 1 is 1.38 bits per heavy atom. The van der Waals surface area contributed by atoms with Gasteiger partial charge in [-0.2, -0.15) is 8.42 Å². The van der Waals surface area contributed by atoms with Gasteiger partial charge in [0.2, 0.25) is 0 Å². The van der Waals surface area contributed by atoms with E-state index in [-0.39, 0.29) is 18.6 Å². The quantitative estimate of drug-likeness (QED) is 0.396. The molecule has 8 heteroatoms. The van der Waals surface area contributed by atoms with Crippen LogP contribution in [0.25, 0.3) is 0 Å². The average Bonchev–Trinajstić information content (AvgIpc) is 2.86. The van der Waals surface area contributed by atoms with Crippen LogP contribution in [-0.4, -0.2) is 36.3 Å². The maximum Gasteiger partial charge on any atom is 0.407 e. The first kappa shape index (κ1) is 19.5. The third kappa shape index (κ3) is 5.06. The van der Waals surface area contributed by atoms with Gasteiger partial charge in [0.15, 0.2) is 0 Å². The first-order valence-corrected chi connectivity index (χ1v) is 10.8. The Morgan fingerprint density at radius 2 is 2.04 bits per heavy atom. The van der Waals surface area contributed by atoms with Gasteiger partial charge >= 0.3 is 6.09 Å². The largest absolute Gasteiger partial charge is 0.445 e. The van der Waals surface area contributed by atoms with Crippen LogP contribution in [0.4, 0.5) is 4.79 Å². The molecule has 0 bridgehead atoms. The summed E-state index contributed by atoms with van der Waals surface area (Å²) in [6, 6.07) is 8.76. The van der Waals surface area contributed by atoms with Gasteiger partial charge in [-0.1, -0.05) is 66.8 Å². The number of halogens is 1.